The van der Waals surface area contributed by atoms with Crippen LogP contribution in [0.2, 0.25) is 0 Å². The van der Waals surface area contributed by atoms with Crippen molar-refractivity contribution in [1.82, 2.24) is 9.29 Å². The summed E-state index contributed by atoms with van der Waals surface area (Å²) in [6.07, 6.45) is 1.16. The first kappa shape index (κ1) is 28.4. The van der Waals surface area contributed by atoms with Crippen LogP contribution in [0.25, 0.3) is 10.2 Å². The first-order chi connectivity index (χ1) is 19.1. The van der Waals surface area contributed by atoms with Crippen LogP contribution in [0.4, 0.5) is 5.13 Å². The molecule has 1 fully saturated rings. The number of ether oxygens (including phenoxy) is 2. The molecule has 0 bridgehead atoms. The van der Waals surface area contributed by atoms with Gasteiger partial charge < -0.3 is 9.47 Å². The van der Waals surface area contributed by atoms with Crippen LogP contribution in [0.3, 0.4) is 0 Å². The summed E-state index contributed by atoms with van der Waals surface area (Å²) in [6, 6.07) is 18.8. The van der Waals surface area contributed by atoms with E-state index in [1.807, 2.05) is 44.2 Å². The fraction of sp³-hybridized carbons (Fsp3) is 0.250. The van der Waals surface area contributed by atoms with Gasteiger partial charge in [0.2, 0.25) is 15.2 Å². The molecular formula is C28H27BrN4O5S2. The quantitative estimate of drug-likeness (QED) is 0.194. The van der Waals surface area contributed by atoms with Crippen molar-refractivity contribution in [3.63, 3.8) is 0 Å². The number of amides is 1. The first-order valence-electron chi connectivity index (χ1n) is 12.5. The molecule has 9 nitrogen and oxygen atoms in total. The molecule has 4 aromatic rings. The van der Waals surface area contributed by atoms with Gasteiger partial charge in [-0.1, -0.05) is 27.3 Å². The number of nitrogens with zero attached hydrogens (tertiary/aromatic N) is 4. The van der Waals surface area contributed by atoms with Crippen molar-refractivity contribution in [2.45, 2.75) is 31.0 Å². The minimum absolute atomic E-state index is 0.114. The number of sulfonamides is 1. The molecule has 12 heteroatoms. The predicted molar refractivity (Wildman–Crippen MR) is 160 cm³/mol. The second-order valence-electron chi connectivity index (χ2n) is 9.35. The van der Waals surface area contributed by atoms with Crippen LogP contribution in [0, 0.1) is 0 Å². The Balaban J connectivity index is 1.46. The Labute approximate surface area is 245 Å². The molecule has 1 aromatic heterocycles. The molecule has 0 spiro atoms. The number of morpholine rings is 1. The lowest BCUT2D eigenvalue weighted by Gasteiger charge is -2.34. The molecule has 208 valence electrons. The maximum absolute atomic E-state index is 13.7. The van der Waals surface area contributed by atoms with Crippen molar-refractivity contribution < 1.29 is 22.7 Å². The molecule has 2 heterocycles. The van der Waals surface area contributed by atoms with Crippen molar-refractivity contribution in [3.8, 4) is 5.75 Å². The highest BCUT2D eigenvalue weighted by atomic mass is 79.9. The molecule has 0 saturated carbocycles. The van der Waals surface area contributed by atoms with Crippen LogP contribution >= 0.6 is 27.3 Å². The molecule has 0 radical (unpaired) electrons. The minimum Gasteiger partial charge on any atom is -0.497 e. The zero-order chi connectivity index (χ0) is 28.4. The van der Waals surface area contributed by atoms with E-state index in [2.05, 4.69) is 26.0 Å². The molecule has 0 N–H and O–H groups in total. The Bertz CT molecular complexity index is 1650. The van der Waals surface area contributed by atoms with Crippen LogP contribution in [0.5, 0.6) is 5.75 Å². The number of thiazole rings is 1. The first-order valence-corrected chi connectivity index (χ1v) is 15.5. The summed E-state index contributed by atoms with van der Waals surface area (Å²) >= 11 is 4.80. The number of fused-ring (bicyclic) bond motifs is 1. The average Bonchev–Trinajstić information content (AvgIpc) is 3.35. The van der Waals surface area contributed by atoms with Crippen molar-refractivity contribution in [2.24, 2.45) is 5.10 Å². The summed E-state index contributed by atoms with van der Waals surface area (Å²) in [4.78, 5) is 18.5. The number of rotatable bonds is 7. The summed E-state index contributed by atoms with van der Waals surface area (Å²) in [5.74, 6) is 0.262. The van der Waals surface area contributed by atoms with Crippen LogP contribution in [-0.4, -0.2) is 62.2 Å². The van der Waals surface area contributed by atoms with E-state index in [-0.39, 0.29) is 35.8 Å². The van der Waals surface area contributed by atoms with Gasteiger partial charge in [0.1, 0.15) is 5.75 Å². The number of halogens is 1. The highest BCUT2D eigenvalue weighted by molar-refractivity contribution is 9.10. The Morgan fingerprint density at radius 2 is 1.77 bits per heavy atom. The third kappa shape index (κ3) is 6.11. The third-order valence-corrected chi connectivity index (χ3v) is 9.61. The monoisotopic (exact) mass is 642 g/mol. The molecule has 1 amide bonds. The highest BCUT2D eigenvalue weighted by Gasteiger charge is 2.32. The standard InChI is InChI=1S/C28H27BrN4O5S2/c1-18-16-32(17-19(2)38-18)40(35,36)24-11-6-21(7-12-24)27(34)33(30-15-20-4-9-23(37-3)10-5-20)28-31-25-13-8-22(29)14-26(25)39-28/h4-15,18-19H,16-17H2,1-3H3/b30-15+. The van der Waals surface area contributed by atoms with Gasteiger partial charge in [-0.15, -0.1) is 0 Å². The second-order valence-corrected chi connectivity index (χ2v) is 13.2. The number of benzene rings is 3. The fourth-order valence-corrected chi connectivity index (χ4v) is 7.41. The molecule has 2 atom stereocenters. The van der Waals surface area contributed by atoms with Crippen molar-refractivity contribution >= 4 is 64.8 Å². The van der Waals surface area contributed by atoms with E-state index < -0.39 is 15.9 Å². The maximum Gasteiger partial charge on any atom is 0.280 e. The molecule has 5 rings (SSSR count). The number of aromatic nitrogens is 1. The molecule has 2 unspecified atom stereocenters. The summed E-state index contributed by atoms with van der Waals surface area (Å²) < 4.78 is 40.7. The highest BCUT2D eigenvalue weighted by Crippen LogP contribution is 2.32. The number of anilines is 1. The second kappa shape index (κ2) is 11.8. The molecule has 40 heavy (non-hydrogen) atoms. The van der Waals surface area contributed by atoms with Gasteiger partial charge in [-0.25, -0.2) is 13.4 Å². The van der Waals surface area contributed by atoms with Crippen LogP contribution < -0.4 is 9.75 Å². The van der Waals surface area contributed by atoms with E-state index in [1.165, 1.54) is 44.9 Å². The van der Waals surface area contributed by atoms with Gasteiger partial charge in [-0.2, -0.15) is 14.4 Å². The van der Waals surface area contributed by atoms with Gasteiger partial charge >= 0.3 is 0 Å². The van der Waals surface area contributed by atoms with Gasteiger partial charge in [0, 0.05) is 23.1 Å². The van der Waals surface area contributed by atoms with Gasteiger partial charge in [-0.05, 0) is 86.1 Å². The minimum atomic E-state index is -3.74. The van der Waals surface area contributed by atoms with Gasteiger partial charge in [0.25, 0.3) is 5.91 Å². The Morgan fingerprint density at radius 3 is 2.42 bits per heavy atom. The predicted octanol–water partition coefficient (Wildman–Crippen LogP) is 5.55. The summed E-state index contributed by atoms with van der Waals surface area (Å²) in [7, 11) is -2.15. The zero-order valence-electron chi connectivity index (χ0n) is 22.0. The Hall–Kier alpha value is -3.16. The van der Waals surface area contributed by atoms with Gasteiger partial charge in [0.15, 0.2) is 0 Å². The van der Waals surface area contributed by atoms with Crippen LogP contribution in [-0.2, 0) is 14.8 Å². The molecule has 1 aliphatic heterocycles. The van der Waals surface area contributed by atoms with E-state index in [0.717, 1.165) is 20.3 Å². The van der Waals surface area contributed by atoms with Crippen molar-refractivity contribution in [2.75, 3.05) is 25.2 Å². The summed E-state index contributed by atoms with van der Waals surface area (Å²) in [6.45, 7) is 4.24. The van der Waals surface area contributed by atoms with Crippen molar-refractivity contribution in [1.29, 1.82) is 0 Å². The van der Waals surface area contributed by atoms with E-state index in [1.54, 1.807) is 25.5 Å². The third-order valence-electron chi connectivity index (χ3n) is 6.28. The maximum atomic E-state index is 13.7. The largest absolute Gasteiger partial charge is 0.497 e. The lowest BCUT2D eigenvalue weighted by Crippen LogP contribution is -2.48. The fourth-order valence-electron chi connectivity index (χ4n) is 4.35. The number of hydrazone groups is 1. The van der Waals surface area contributed by atoms with E-state index >= 15 is 0 Å². The van der Waals surface area contributed by atoms with E-state index in [4.69, 9.17) is 9.47 Å². The van der Waals surface area contributed by atoms with Crippen LogP contribution in [0.15, 0.2) is 81.2 Å². The summed E-state index contributed by atoms with van der Waals surface area (Å²) in [5.41, 5.74) is 1.77. The van der Waals surface area contributed by atoms with Crippen molar-refractivity contribution in [3.05, 3.63) is 82.3 Å². The number of carbonyl (C=O) groups is 1. The normalized spacial score (nSPS) is 18.3. The Morgan fingerprint density at radius 1 is 1.10 bits per heavy atom. The number of hydrogen-bond donors (Lipinski definition) is 0. The Kier molecular flexibility index (Phi) is 8.34. The average molecular weight is 644 g/mol. The number of carbonyl (C=O) groups excluding carboxylic acids is 1. The number of methoxy groups -OCH3 is 1. The van der Waals surface area contributed by atoms with E-state index in [9.17, 15) is 13.2 Å². The topological polar surface area (TPSA) is 101 Å². The summed E-state index contributed by atoms with van der Waals surface area (Å²) in [5, 5.41) is 6.11. The zero-order valence-corrected chi connectivity index (χ0v) is 25.2. The molecule has 1 saturated heterocycles. The van der Waals surface area contributed by atoms with Crippen LogP contribution in [0.1, 0.15) is 29.8 Å². The van der Waals surface area contributed by atoms with E-state index in [0.29, 0.717) is 10.9 Å². The molecule has 1 aliphatic rings. The molecule has 3 aromatic carbocycles. The SMILES string of the molecule is COc1ccc(/C=N/N(C(=O)c2ccc(S(=O)(=O)N3CC(C)OC(C)C3)cc2)c2nc3ccc(Br)cc3s2)cc1. The van der Waals surface area contributed by atoms with Gasteiger partial charge in [-0.3, -0.25) is 4.79 Å². The lowest BCUT2D eigenvalue weighted by molar-refractivity contribution is -0.0440. The lowest BCUT2D eigenvalue weighted by atomic mass is 10.2. The number of hydrogen-bond acceptors (Lipinski definition) is 8. The van der Waals surface area contributed by atoms with Gasteiger partial charge in [0.05, 0.1) is 40.6 Å². The molecular weight excluding hydrogens is 616 g/mol. The molecule has 0 aliphatic carbocycles. The smallest absolute Gasteiger partial charge is 0.280 e.